The van der Waals surface area contributed by atoms with Crippen LogP contribution in [0, 0.1) is 23.7 Å². The SMILES string of the molecule is Cc1c(N2CCC[C@H]2COCC(C)(C)CC(=O)N2CCN(c3ccc(C#N)cn3)CC2)cn[nH]c1=O. The van der Waals surface area contributed by atoms with E-state index in [1.807, 2.05) is 17.9 Å². The van der Waals surface area contributed by atoms with Crippen LogP contribution in [0.5, 0.6) is 0 Å². The lowest BCUT2D eigenvalue weighted by molar-refractivity contribution is -0.134. The predicted octanol–water partition coefficient (Wildman–Crippen LogP) is 2.10. The van der Waals surface area contributed by atoms with Crippen LogP contribution in [0.3, 0.4) is 0 Å². The lowest BCUT2D eigenvalue weighted by Crippen LogP contribution is -2.50. The molecule has 1 amide bonds. The Labute approximate surface area is 211 Å². The fourth-order valence-corrected chi connectivity index (χ4v) is 4.93. The van der Waals surface area contributed by atoms with Crippen LogP contribution in [-0.2, 0) is 9.53 Å². The molecule has 1 atom stereocenters. The molecule has 0 spiro atoms. The van der Waals surface area contributed by atoms with Gasteiger partial charge in [0.25, 0.3) is 5.56 Å². The standard InChI is InChI=1S/C26H35N7O3/c1-19-22(16-29-30-25(19)35)33-8-4-5-21(33)17-36-18-26(2,3)13-24(34)32-11-9-31(10-12-32)23-7-6-20(14-27)15-28-23/h6-7,15-16,21H,4-5,8-13,17-18H2,1-3H3,(H,30,35)/t21-/m0/s1. The third kappa shape index (κ3) is 6.02. The van der Waals surface area contributed by atoms with E-state index < -0.39 is 0 Å². The molecule has 2 fully saturated rings. The van der Waals surface area contributed by atoms with E-state index in [9.17, 15) is 9.59 Å². The summed E-state index contributed by atoms with van der Waals surface area (Å²) < 4.78 is 6.13. The molecule has 0 aliphatic carbocycles. The fourth-order valence-electron chi connectivity index (χ4n) is 4.93. The lowest BCUT2D eigenvalue weighted by atomic mass is 9.89. The van der Waals surface area contributed by atoms with Gasteiger partial charge in [0.15, 0.2) is 0 Å². The molecule has 2 aliphatic heterocycles. The van der Waals surface area contributed by atoms with Crippen molar-refractivity contribution in [2.45, 2.75) is 46.1 Å². The van der Waals surface area contributed by atoms with Gasteiger partial charge in [0.1, 0.15) is 11.9 Å². The fraction of sp³-hybridized carbons (Fsp3) is 0.577. The Balaban J connectivity index is 1.23. The third-order valence-corrected chi connectivity index (χ3v) is 7.03. The van der Waals surface area contributed by atoms with Crippen molar-refractivity contribution < 1.29 is 9.53 Å². The summed E-state index contributed by atoms with van der Waals surface area (Å²) in [6.07, 6.45) is 5.77. The van der Waals surface area contributed by atoms with E-state index in [0.717, 1.165) is 44.0 Å². The van der Waals surface area contributed by atoms with Crippen molar-refractivity contribution in [2.24, 2.45) is 5.41 Å². The Hall–Kier alpha value is -3.45. The first kappa shape index (κ1) is 25.6. The molecule has 2 aromatic rings. The molecule has 0 unspecified atom stereocenters. The zero-order valence-corrected chi connectivity index (χ0v) is 21.4. The van der Waals surface area contributed by atoms with E-state index >= 15 is 0 Å². The lowest BCUT2D eigenvalue weighted by Gasteiger charge is -2.37. The number of amides is 1. The van der Waals surface area contributed by atoms with Crippen LogP contribution in [0.1, 0.15) is 44.2 Å². The number of carbonyl (C=O) groups is 1. The average molecular weight is 494 g/mol. The molecule has 0 bridgehead atoms. The maximum absolute atomic E-state index is 13.0. The van der Waals surface area contributed by atoms with E-state index in [4.69, 9.17) is 10.00 Å². The Morgan fingerprint density at radius 1 is 1.22 bits per heavy atom. The number of rotatable bonds is 8. The summed E-state index contributed by atoms with van der Waals surface area (Å²) in [4.78, 5) is 35.6. The van der Waals surface area contributed by atoms with Gasteiger partial charge in [-0.05, 0) is 37.3 Å². The van der Waals surface area contributed by atoms with Gasteiger partial charge >= 0.3 is 0 Å². The molecule has 0 aromatic carbocycles. The van der Waals surface area contributed by atoms with Crippen molar-refractivity contribution in [2.75, 3.05) is 55.7 Å². The minimum Gasteiger partial charge on any atom is -0.379 e. The number of H-pyrrole nitrogens is 1. The van der Waals surface area contributed by atoms with Crippen molar-refractivity contribution in [3.05, 3.63) is 46.0 Å². The minimum atomic E-state index is -0.284. The first-order valence-electron chi connectivity index (χ1n) is 12.5. The van der Waals surface area contributed by atoms with Gasteiger partial charge in [0, 0.05) is 50.9 Å². The number of carbonyl (C=O) groups excluding carboxylic acids is 1. The summed E-state index contributed by atoms with van der Waals surface area (Å²) >= 11 is 0. The van der Waals surface area contributed by atoms with Crippen LogP contribution in [0.2, 0.25) is 0 Å². The van der Waals surface area contributed by atoms with Gasteiger partial charge in [-0.3, -0.25) is 9.59 Å². The van der Waals surface area contributed by atoms with Crippen LogP contribution in [0.4, 0.5) is 11.5 Å². The molecule has 192 valence electrons. The van der Waals surface area contributed by atoms with E-state index in [2.05, 4.69) is 44.9 Å². The zero-order chi connectivity index (χ0) is 25.7. The maximum Gasteiger partial charge on any atom is 0.269 e. The van der Waals surface area contributed by atoms with Gasteiger partial charge in [-0.1, -0.05) is 13.8 Å². The topological polar surface area (TPSA) is 118 Å². The number of pyridine rings is 1. The van der Waals surface area contributed by atoms with Crippen LogP contribution in [0.15, 0.2) is 29.3 Å². The van der Waals surface area contributed by atoms with Crippen molar-refractivity contribution >= 4 is 17.4 Å². The largest absolute Gasteiger partial charge is 0.379 e. The van der Waals surface area contributed by atoms with Crippen molar-refractivity contribution in [3.8, 4) is 6.07 Å². The van der Waals surface area contributed by atoms with Gasteiger partial charge in [0.05, 0.1) is 36.7 Å². The highest BCUT2D eigenvalue weighted by molar-refractivity contribution is 5.77. The van der Waals surface area contributed by atoms with Crippen LogP contribution >= 0.6 is 0 Å². The Morgan fingerprint density at radius 2 is 2.00 bits per heavy atom. The maximum atomic E-state index is 13.0. The molecule has 2 saturated heterocycles. The highest BCUT2D eigenvalue weighted by Gasteiger charge is 2.30. The number of nitrogens with one attached hydrogen (secondary N) is 1. The van der Waals surface area contributed by atoms with Crippen molar-refractivity contribution in [1.82, 2.24) is 20.1 Å². The van der Waals surface area contributed by atoms with Crippen LogP contribution in [-0.4, -0.2) is 78.0 Å². The highest BCUT2D eigenvalue weighted by atomic mass is 16.5. The second-order valence-corrected chi connectivity index (χ2v) is 10.4. The normalized spacial score (nSPS) is 18.4. The van der Waals surface area contributed by atoms with Gasteiger partial charge in [0.2, 0.25) is 5.91 Å². The molecule has 0 saturated carbocycles. The monoisotopic (exact) mass is 493 g/mol. The summed E-state index contributed by atoms with van der Waals surface area (Å²) in [6.45, 7) is 10.6. The molecule has 4 rings (SSSR count). The second kappa shape index (κ2) is 11.1. The van der Waals surface area contributed by atoms with Crippen LogP contribution < -0.4 is 15.4 Å². The first-order chi connectivity index (χ1) is 17.3. The number of aromatic amines is 1. The number of anilines is 2. The third-order valence-electron chi connectivity index (χ3n) is 7.03. The van der Waals surface area contributed by atoms with Gasteiger partial charge < -0.3 is 19.4 Å². The number of hydrogen-bond donors (Lipinski definition) is 1. The molecule has 2 aromatic heterocycles. The van der Waals surface area contributed by atoms with Gasteiger partial charge in [-0.15, -0.1) is 0 Å². The number of piperazine rings is 1. The zero-order valence-electron chi connectivity index (χ0n) is 21.4. The molecule has 10 nitrogen and oxygen atoms in total. The van der Waals surface area contributed by atoms with E-state index in [1.54, 1.807) is 18.5 Å². The van der Waals surface area contributed by atoms with E-state index in [0.29, 0.717) is 43.9 Å². The Morgan fingerprint density at radius 3 is 2.69 bits per heavy atom. The predicted molar refractivity (Wildman–Crippen MR) is 137 cm³/mol. The first-order valence-corrected chi connectivity index (χ1v) is 12.5. The Kier molecular flexibility index (Phi) is 7.89. The summed E-state index contributed by atoms with van der Waals surface area (Å²) in [7, 11) is 0. The molecular formula is C26H35N7O3. The molecule has 1 N–H and O–H groups in total. The summed E-state index contributed by atoms with van der Waals surface area (Å²) in [5, 5.41) is 15.4. The minimum absolute atomic E-state index is 0.142. The van der Waals surface area contributed by atoms with Gasteiger partial charge in [-0.2, -0.15) is 10.4 Å². The smallest absolute Gasteiger partial charge is 0.269 e. The number of aromatic nitrogens is 3. The number of ether oxygens (including phenoxy) is 1. The summed E-state index contributed by atoms with van der Waals surface area (Å²) in [5.74, 6) is 0.977. The second-order valence-electron chi connectivity index (χ2n) is 10.4. The van der Waals surface area contributed by atoms with E-state index in [-0.39, 0.29) is 22.9 Å². The summed E-state index contributed by atoms with van der Waals surface area (Å²) in [6, 6.07) is 5.91. The van der Waals surface area contributed by atoms with E-state index in [1.165, 1.54) is 0 Å². The molecule has 2 aliphatic rings. The summed E-state index contributed by atoms with van der Waals surface area (Å²) in [5.41, 5.74) is 1.65. The molecule has 4 heterocycles. The van der Waals surface area contributed by atoms with Crippen molar-refractivity contribution in [1.29, 1.82) is 5.26 Å². The molecule has 10 heteroatoms. The number of nitriles is 1. The quantitative estimate of drug-likeness (QED) is 0.594. The molecular weight excluding hydrogens is 458 g/mol. The number of hydrogen-bond acceptors (Lipinski definition) is 8. The molecule has 36 heavy (non-hydrogen) atoms. The highest BCUT2D eigenvalue weighted by Crippen LogP contribution is 2.28. The number of nitrogens with zero attached hydrogens (tertiary/aromatic N) is 6. The van der Waals surface area contributed by atoms with Crippen LogP contribution in [0.25, 0.3) is 0 Å². The molecule has 0 radical (unpaired) electrons. The average Bonchev–Trinajstić information content (AvgIpc) is 3.33. The Bertz CT molecular complexity index is 1150. The van der Waals surface area contributed by atoms with Gasteiger partial charge in [-0.25, -0.2) is 10.1 Å². The van der Waals surface area contributed by atoms with Crippen molar-refractivity contribution in [3.63, 3.8) is 0 Å².